The Kier molecular flexibility index (Phi) is 13.0. The summed E-state index contributed by atoms with van der Waals surface area (Å²) in [5, 5.41) is 9.04. The molecule has 12 heteroatoms. The number of hydrogen-bond donors (Lipinski definition) is 4. The number of nitrogens with two attached hydrogens (primary N) is 1. The van der Waals surface area contributed by atoms with Crippen LogP contribution in [0.2, 0.25) is 5.02 Å². The molecule has 11 nitrogen and oxygen atoms in total. The van der Waals surface area contributed by atoms with E-state index in [2.05, 4.69) is 16.0 Å². The average Bonchev–Trinajstić information content (AvgIpc) is 3.87. The molecule has 0 spiro atoms. The smallest absolute Gasteiger partial charge is 0.328 e. The highest BCUT2D eigenvalue weighted by Gasteiger charge is 2.48. The lowest BCUT2D eigenvalue weighted by atomic mass is 9.82. The van der Waals surface area contributed by atoms with Crippen molar-refractivity contribution in [2.75, 3.05) is 7.11 Å². The Labute approximate surface area is 306 Å². The second-order valence-corrected chi connectivity index (χ2v) is 15.8. The van der Waals surface area contributed by atoms with E-state index < -0.39 is 53.3 Å². The molecular formula is C39H53ClN4O7. The number of epoxide rings is 1. The van der Waals surface area contributed by atoms with E-state index in [0.29, 0.717) is 29.3 Å². The highest BCUT2D eigenvalue weighted by atomic mass is 35.5. The summed E-state index contributed by atoms with van der Waals surface area (Å²) in [6.07, 6.45) is 2.52. The quantitative estimate of drug-likeness (QED) is 0.220. The molecule has 2 heterocycles. The summed E-state index contributed by atoms with van der Waals surface area (Å²) >= 11 is 6.36. The third-order valence-corrected chi connectivity index (χ3v) is 10.1. The van der Waals surface area contributed by atoms with Crippen molar-refractivity contribution >= 4 is 35.3 Å². The van der Waals surface area contributed by atoms with Crippen molar-refractivity contribution in [3.05, 3.63) is 76.3 Å². The fourth-order valence-electron chi connectivity index (χ4n) is 6.10. The maximum Gasteiger partial charge on any atom is 0.328 e. The molecule has 2 aromatic rings. The minimum absolute atomic E-state index is 0.131. The van der Waals surface area contributed by atoms with Gasteiger partial charge in [0.2, 0.25) is 17.7 Å². The van der Waals surface area contributed by atoms with Gasteiger partial charge in [0.05, 0.1) is 23.7 Å². The summed E-state index contributed by atoms with van der Waals surface area (Å²) in [7, 11) is 1.51. The number of cyclic esters (lactones) is 1. The molecule has 0 radical (unpaired) electrons. The molecule has 2 aliphatic rings. The largest absolute Gasteiger partial charge is 0.495 e. The number of esters is 1. The first-order valence-electron chi connectivity index (χ1n) is 17.5. The predicted molar refractivity (Wildman–Crippen MR) is 196 cm³/mol. The molecule has 3 amide bonds. The average molecular weight is 725 g/mol. The van der Waals surface area contributed by atoms with Crippen LogP contribution in [0.15, 0.2) is 54.6 Å². The third-order valence-electron chi connectivity index (χ3n) is 9.80. The van der Waals surface area contributed by atoms with Crippen LogP contribution in [0.1, 0.15) is 84.1 Å². The topological polar surface area (TPSA) is 161 Å². The number of ether oxygens (including phenoxy) is 3. The van der Waals surface area contributed by atoms with E-state index in [4.69, 9.17) is 31.5 Å². The van der Waals surface area contributed by atoms with Gasteiger partial charge in [0, 0.05) is 31.3 Å². The standard InChI is InChI=1S/C39H53ClN4O7/c1-22(33-34(51-33)26-15-12-24(21-41)13-16-26)30-10-9-11-32(45)43-28(19-25-14-17-31(49-8)27(40)18-25)35(46)42-23(2)39(6,7)37(48)44-29(36(47)50-30)20-38(3,4)5/h9,11-18,22-23,28-30,33-34H,10,19-21,41H2,1-8H3,(H,42,46)(H,43,45)(H,44,48)/b11-9+/t22-,23?,28+,29-,30-,33+,34+/m0/s1. The summed E-state index contributed by atoms with van der Waals surface area (Å²) in [4.78, 5) is 54.9. The van der Waals surface area contributed by atoms with E-state index >= 15 is 0 Å². The number of benzene rings is 2. The van der Waals surface area contributed by atoms with E-state index in [0.717, 1.165) is 11.1 Å². The van der Waals surface area contributed by atoms with Crippen LogP contribution in [0.4, 0.5) is 0 Å². The van der Waals surface area contributed by atoms with Gasteiger partial charge in [-0.25, -0.2) is 4.79 Å². The van der Waals surface area contributed by atoms with E-state index in [-0.39, 0.29) is 36.4 Å². The van der Waals surface area contributed by atoms with Crippen LogP contribution in [0.5, 0.6) is 5.75 Å². The van der Waals surface area contributed by atoms with Gasteiger partial charge in [-0.1, -0.05) is 75.7 Å². The number of halogens is 1. The number of methoxy groups -OCH3 is 1. The van der Waals surface area contributed by atoms with Crippen LogP contribution in [0.3, 0.4) is 0 Å². The Hall–Kier alpha value is -3.93. The highest BCUT2D eigenvalue weighted by Crippen LogP contribution is 2.45. The fourth-order valence-corrected chi connectivity index (χ4v) is 6.38. The Morgan fingerprint density at radius 2 is 1.67 bits per heavy atom. The Balaban J connectivity index is 1.65. The molecule has 1 fully saturated rings. The van der Waals surface area contributed by atoms with Crippen LogP contribution >= 0.6 is 11.6 Å². The normalized spacial score (nSPS) is 27.3. The third kappa shape index (κ3) is 10.6. The molecular weight excluding hydrogens is 672 g/mol. The van der Waals surface area contributed by atoms with Crippen LogP contribution in [0, 0.1) is 16.7 Å². The van der Waals surface area contributed by atoms with Gasteiger partial charge >= 0.3 is 5.97 Å². The van der Waals surface area contributed by atoms with Crippen LogP contribution in [0.25, 0.3) is 0 Å². The van der Waals surface area contributed by atoms with Crippen LogP contribution in [-0.2, 0) is 41.6 Å². The van der Waals surface area contributed by atoms with Crippen molar-refractivity contribution in [1.29, 1.82) is 0 Å². The van der Waals surface area contributed by atoms with Crippen molar-refractivity contribution in [1.82, 2.24) is 16.0 Å². The zero-order valence-corrected chi connectivity index (χ0v) is 31.6. The van der Waals surface area contributed by atoms with Crippen molar-refractivity contribution in [2.45, 2.75) is 111 Å². The number of rotatable bonds is 8. The van der Waals surface area contributed by atoms with Crippen molar-refractivity contribution < 1.29 is 33.4 Å². The number of carbonyl (C=O) groups is 4. The molecule has 4 rings (SSSR count). The van der Waals surface area contributed by atoms with E-state index in [1.807, 2.05) is 52.0 Å². The summed E-state index contributed by atoms with van der Waals surface area (Å²) in [6, 6.07) is 10.4. The lowest BCUT2D eigenvalue weighted by Gasteiger charge is -2.35. The van der Waals surface area contributed by atoms with Crippen LogP contribution < -0.4 is 26.4 Å². The summed E-state index contributed by atoms with van der Waals surface area (Å²) < 4.78 is 17.6. The fraction of sp³-hybridized carbons (Fsp3) is 0.538. The number of amides is 3. The second kappa shape index (κ2) is 16.6. The van der Waals surface area contributed by atoms with E-state index in [1.54, 1.807) is 45.0 Å². The van der Waals surface area contributed by atoms with Crippen molar-refractivity contribution in [3.8, 4) is 5.75 Å². The molecule has 1 unspecified atom stereocenters. The van der Waals surface area contributed by atoms with Gasteiger partial charge in [-0.2, -0.15) is 0 Å². The number of nitrogens with one attached hydrogen (secondary N) is 3. The maximum absolute atomic E-state index is 13.9. The molecule has 0 bridgehead atoms. The molecule has 51 heavy (non-hydrogen) atoms. The van der Waals surface area contributed by atoms with Gasteiger partial charge in [0.15, 0.2) is 0 Å². The zero-order valence-electron chi connectivity index (χ0n) is 30.9. The first-order valence-corrected chi connectivity index (χ1v) is 17.9. The Morgan fingerprint density at radius 3 is 2.27 bits per heavy atom. The van der Waals surface area contributed by atoms with Gasteiger partial charge in [0.1, 0.15) is 30.0 Å². The molecule has 0 aliphatic carbocycles. The van der Waals surface area contributed by atoms with Gasteiger partial charge < -0.3 is 35.9 Å². The molecule has 2 aliphatic heterocycles. The van der Waals surface area contributed by atoms with Crippen molar-refractivity contribution in [2.24, 2.45) is 22.5 Å². The van der Waals surface area contributed by atoms with Gasteiger partial charge in [-0.3, -0.25) is 14.4 Å². The second-order valence-electron chi connectivity index (χ2n) is 15.4. The first-order chi connectivity index (χ1) is 23.9. The molecule has 278 valence electrons. The predicted octanol–water partition coefficient (Wildman–Crippen LogP) is 4.93. The Morgan fingerprint density at radius 1 is 1.00 bits per heavy atom. The Bertz CT molecular complexity index is 1600. The summed E-state index contributed by atoms with van der Waals surface area (Å²) in [5.74, 6) is -1.76. The molecule has 0 saturated carbocycles. The van der Waals surface area contributed by atoms with Gasteiger partial charge in [0.25, 0.3) is 0 Å². The molecule has 5 N–H and O–H groups in total. The van der Waals surface area contributed by atoms with Crippen molar-refractivity contribution in [3.63, 3.8) is 0 Å². The summed E-state index contributed by atoms with van der Waals surface area (Å²) in [6.45, 7) is 13.4. The van der Waals surface area contributed by atoms with Gasteiger partial charge in [-0.05, 0) is 67.5 Å². The zero-order chi connectivity index (χ0) is 37.7. The van der Waals surface area contributed by atoms with Crippen LogP contribution in [-0.4, -0.2) is 61.1 Å². The molecule has 7 atom stereocenters. The highest BCUT2D eigenvalue weighted by molar-refractivity contribution is 6.32. The van der Waals surface area contributed by atoms with E-state index in [9.17, 15) is 19.2 Å². The summed E-state index contributed by atoms with van der Waals surface area (Å²) in [5.41, 5.74) is 6.99. The minimum atomic E-state index is -1.15. The number of hydrogen-bond acceptors (Lipinski definition) is 8. The SMILES string of the molecule is COc1ccc(C[C@H]2NC(=O)/C=C/C[C@@H]([C@H](C)[C@H]3O[C@@H]3c3ccc(CN)cc3)OC(=O)[C@H](CC(C)(C)C)NC(=O)C(C)(C)C(C)NC2=O)cc1Cl. The minimum Gasteiger partial charge on any atom is -0.495 e. The maximum atomic E-state index is 13.9. The molecule has 0 aromatic heterocycles. The molecule has 2 aromatic carbocycles. The lowest BCUT2D eigenvalue weighted by molar-refractivity contribution is -0.157. The lowest BCUT2D eigenvalue weighted by Crippen LogP contribution is -2.58. The molecule has 1 saturated heterocycles. The first kappa shape index (κ1) is 39.8. The van der Waals surface area contributed by atoms with Gasteiger partial charge in [-0.15, -0.1) is 0 Å². The van der Waals surface area contributed by atoms with E-state index in [1.165, 1.54) is 13.2 Å². The number of carbonyl (C=O) groups excluding carboxylic acids is 4. The monoisotopic (exact) mass is 724 g/mol.